The molecular weight excluding hydrogens is 383 g/mol. The zero-order valence-electron chi connectivity index (χ0n) is 17.4. The molecule has 0 aromatic heterocycles. The number of hydrogen-bond donors (Lipinski definition) is 1. The lowest BCUT2D eigenvalue weighted by Crippen LogP contribution is -2.51. The number of carbonyl (C=O) groups is 2. The first-order chi connectivity index (χ1) is 14.1. The number of hydrogen-bond acceptors (Lipinski definition) is 3. The maximum atomic E-state index is 14.5. The van der Waals surface area contributed by atoms with Gasteiger partial charge >= 0.3 is 0 Å². The maximum Gasteiger partial charge on any atom is 0.255 e. The third-order valence-corrected chi connectivity index (χ3v) is 6.53. The molecule has 0 bridgehead atoms. The topological polar surface area (TPSA) is 60.9 Å². The molecule has 2 amide bonds. The van der Waals surface area contributed by atoms with E-state index in [0.29, 0.717) is 35.3 Å². The van der Waals surface area contributed by atoms with Crippen molar-refractivity contribution in [2.45, 2.75) is 51.4 Å². The minimum atomic E-state index is -1.03. The molecule has 6 heteroatoms. The molecule has 1 unspecified atom stereocenters. The standard InChI is InChI=1S/C24H25FN2O3/c1-24(2,30)21(13-4-5-13)27-12-16-9-17(25)10-19(20(16)23(27)29)14-6-7-18-15(8-14)11-26(3)22(18)28/h6-10,13,21,30H,4-5,11-12H2,1-3H3. The second-order valence-corrected chi connectivity index (χ2v) is 9.39. The van der Waals surface area contributed by atoms with Crippen molar-refractivity contribution < 1.29 is 19.1 Å². The Morgan fingerprint density at radius 2 is 1.77 bits per heavy atom. The molecule has 1 fully saturated rings. The molecule has 30 heavy (non-hydrogen) atoms. The molecule has 0 radical (unpaired) electrons. The van der Waals surface area contributed by atoms with Gasteiger partial charge in [0, 0.05) is 25.7 Å². The molecule has 0 saturated heterocycles. The van der Waals surface area contributed by atoms with Crippen LogP contribution < -0.4 is 0 Å². The molecule has 156 valence electrons. The van der Waals surface area contributed by atoms with Crippen LogP contribution in [0.15, 0.2) is 30.3 Å². The van der Waals surface area contributed by atoms with Gasteiger partial charge in [-0.2, -0.15) is 0 Å². The van der Waals surface area contributed by atoms with Crippen molar-refractivity contribution in [3.63, 3.8) is 0 Å². The number of carbonyl (C=O) groups excluding carboxylic acids is 2. The van der Waals surface area contributed by atoms with Crippen molar-refractivity contribution in [2.75, 3.05) is 7.05 Å². The van der Waals surface area contributed by atoms with Crippen molar-refractivity contribution in [3.8, 4) is 11.1 Å². The van der Waals surface area contributed by atoms with Crippen LogP contribution in [0, 0.1) is 11.7 Å². The van der Waals surface area contributed by atoms with Gasteiger partial charge in [-0.05, 0) is 79.1 Å². The van der Waals surface area contributed by atoms with Crippen LogP contribution in [0.4, 0.5) is 4.39 Å². The predicted octanol–water partition coefficient (Wildman–Crippen LogP) is 3.58. The van der Waals surface area contributed by atoms with Gasteiger partial charge < -0.3 is 14.9 Å². The molecule has 1 aliphatic carbocycles. The van der Waals surface area contributed by atoms with Gasteiger partial charge in [-0.15, -0.1) is 0 Å². The average molecular weight is 408 g/mol. The summed E-state index contributed by atoms with van der Waals surface area (Å²) in [6.07, 6.45) is 1.98. The first-order valence-corrected chi connectivity index (χ1v) is 10.4. The zero-order valence-corrected chi connectivity index (χ0v) is 17.4. The minimum absolute atomic E-state index is 0.0271. The average Bonchev–Trinajstić information content (AvgIpc) is 3.38. The predicted molar refractivity (Wildman–Crippen MR) is 110 cm³/mol. The second-order valence-electron chi connectivity index (χ2n) is 9.39. The minimum Gasteiger partial charge on any atom is -0.388 e. The van der Waals surface area contributed by atoms with Crippen molar-refractivity contribution in [2.24, 2.45) is 5.92 Å². The summed E-state index contributed by atoms with van der Waals surface area (Å²) < 4.78 is 14.5. The summed E-state index contributed by atoms with van der Waals surface area (Å²) in [6.45, 7) is 4.28. The number of benzene rings is 2. The molecule has 5 nitrogen and oxygen atoms in total. The summed E-state index contributed by atoms with van der Waals surface area (Å²) >= 11 is 0. The number of aliphatic hydroxyl groups is 1. The van der Waals surface area contributed by atoms with Crippen molar-refractivity contribution in [1.29, 1.82) is 0 Å². The summed E-state index contributed by atoms with van der Waals surface area (Å²) in [4.78, 5) is 29.0. The molecule has 2 aromatic rings. The van der Waals surface area contributed by atoms with Crippen LogP contribution in [0.3, 0.4) is 0 Å². The summed E-state index contributed by atoms with van der Waals surface area (Å²) in [5.74, 6) is -0.301. The Kier molecular flexibility index (Phi) is 4.09. The van der Waals surface area contributed by atoms with Crippen LogP contribution >= 0.6 is 0 Å². The lowest BCUT2D eigenvalue weighted by molar-refractivity contribution is -0.0224. The summed E-state index contributed by atoms with van der Waals surface area (Å²) in [5.41, 5.74) is 2.94. The number of fused-ring (bicyclic) bond motifs is 2. The molecule has 2 heterocycles. The molecule has 2 aromatic carbocycles. The second kappa shape index (κ2) is 6.38. The SMILES string of the molecule is CN1Cc2cc(-c3cc(F)cc4c3C(=O)N(C(C3CC3)C(C)(C)O)C4)ccc2C1=O. The number of amides is 2. The van der Waals surface area contributed by atoms with Gasteiger partial charge in [0.2, 0.25) is 0 Å². The molecule has 0 spiro atoms. The molecular formula is C24H25FN2O3. The van der Waals surface area contributed by atoms with E-state index in [9.17, 15) is 19.1 Å². The summed E-state index contributed by atoms with van der Waals surface area (Å²) in [6, 6.07) is 7.97. The van der Waals surface area contributed by atoms with E-state index in [1.807, 2.05) is 6.07 Å². The van der Waals surface area contributed by atoms with Crippen LogP contribution in [0.5, 0.6) is 0 Å². The Labute approximate surface area is 175 Å². The normalized spacial score (nSPS) is 19.4. The molecule has 1 N–H and O–H groups in total. The van der Waals surface area contributed by atoms with Crippen molar-refractivity contribution in [3.05, 3.63) is 58.4 Å². The highest BCUT2D eigenvalue weighted by atomic mass is 19.1. The van der Waals surface area contributed by atoms with E-state index in [4.69, 9.17) is 0 Å². The van der Waals surface area contributed by atoms with Gasteiger partial charge in [-0.25, -0.2) is 4.39 Å². The molecule has 2 aliphatic heterocycles. The highest BCUT2D eigenvalue weighted by Crippen LogP contribution is 2.44. The highest BCUT2D eigenvalue weighted by Gasteiger charge is 2.48. The van der Waals surface area contributed by atoms with Gasteiger partial charge in [0.05, 0.1) is 17.2 Å². The Bertz CT molecular complexity index is 1080. The van der Waals surface area contributed by atoms with E-state index in [1.165, 1.54) is 12.1 Å². The van der Waals surface area contributed by atoms with Gasteiger partial charge in [-0.1, -0.05) is 6.07 Å². The van der Waals surface area contributed by atoms with Crippen LogP contribution in [0.1, 0.15) is 58.5 Å². The van der Waals surface area contributed by atoms with E-state index in [1.54, 1.807) is 42.8 Å². The largest absolute Gasteiger partial charge is 0.388 e. The smallest absolute Gasteiger partial charge is 0.255 e. The summed E-state index contributed by atoms with van der Waals surface area (Å²) in [7, 11) is 1.75. The third kappa shape index (κ3) is 2.93. The van der Waals surface area contributed by atoms with Crippen LogP contribution in [0.2, 0.25) is 0 Å². The quantitative estimate of drug-likeness (QED) is 0.841. The molecule has 5 rings (SSSR count). The first kappa shape index (κ1) is 19.2. The van der Waals surface area contributed by atoms with Gasteiger partial charge in [0.15, 0.2) is 0 Å². The van der Waals surface area contributed by atoms with Crippen LogP contribution in [0.25, 0.3) is 11.1 Å². The lowest BCUT2D eigenvalue weighted by atomic mass is 9.92. The Morgan fingerprint density at radius 1 is 1.03 bits per heavy atom. The van der Waals surface area contributed by atoms with E-state index in [-0.39, 0.29) is 23.8 Å². The monoisotopic (exact) mass is 408 g/mol. The van der Waals surface area contributed by atoms with Gasteiger partial charge in [-0.3, -0.25) is 9.59 Å². The van der Waals surface area contributed by atoms with E-state index < -0.39 is 11.4 Å². The van der Waals surface area contributed by atoms with E-state index >= 15 is 0 Å². The highest BCUT2D eigenvalue weighted by molar-refractivity contribution is 6.05. The fourth-order valence-electron chi connectivity index (χ4n) is 5.15. The number of halogens is 1. The Hall–Kier alpha value is -2.73. The van der Waals surface area contributed by atoms with E-state index in [2.05, 4.69) is 0 Å². The molecule has 3 aliphatic rings. The number of rotatable bonds is 4. The molecule has 1 saturated carbocycles. The van der Waals surface area contributed by atoms with Crippen molar-refractivity contribution >= 4 is 11.8 Å². The zero-order chi connectivity index (χ0) is 21.4. The fourth-order valence-corrected chi connectivity index (χ4v) is 5.15. The molecule has 1 atom stereocenters. The van der Waals surface area contributed by atoms with Crippen LogP contribution in [-0.2, 0) is 13.1 Å². The van der Waals surface area contributed by atoms with Gasteiger partial charge in [0.25, 0.3) is 11.8 Å². The number of nitrogens with zero attached hydrogens (tertiary/aromatic N) is 2. The van der Waals surface area contributed by atoms with E-state index in [0.717, 1.165) is 24.0 Å². The van der Waals surface area contributed by atoms with Crippen molar-refractivity contribution in [1.82, 2.24) is 9.80 Å². The third-order valence-electron chi connectivity index (χ3n) is 6.53. The summed E-state index contributed by atoms with van der Waals surface area (Å²) in [5, 5.41) is 10.7. The lowest BCUT2D eigenvalue weighted by Gasteiger charge is -2.37. The first-order valence-electron chi connectivity index (χ1n) is 10.4. The Morgan fingerprint density at radius 3 is 2.43 bits per heavy atom. The van der Waals surface area contributed by atoms with Crippen LogP contribution in [-0.4, -0.2) is 45.4 Å². The fraction of sp³-hybridized carbons (Fsp3) is 0.417. The van der Waals surface area contributed by atoms with Gasteiger partial charge in [0.1, 0.15) is 5.82 Å². The Balaban J connectivity index is 1.58. The maximum absolute atomic E-state index is 14.5.